The molecule has 1 aliphatic heterocycles. The molecule has 5 aromatic carbocycles. The van der Waals surface area contributed by atoms with E-state index in [4.69, 9.17) is 0 Å². The summed E-state index contributed by atoms with van der Waals surface area (Å²) in [4.78, 5) is 8.93. The van der Waals surface area contributed by atoms with Gasteiger partial charge in [-0.1, -0.05) is 90.6 Å². The maximum atomic E-state index is 4.22. The van der Waals surface area contributed by atoms with Crippen LogP contribution in [0.1, 0.15) is 19.8 Å². The Morgan fingerprint density at radius 3 is 2.29 bits per heavy atom. The fourth-order valence-electron chi connectivity index (χ4n) is 6.52. The Hall–Kier alpha value is -4.70. The van der Waals surface area contributed by atoms with Crippen LogP contribution in [0.3, 0.4) is 0 Å². The maximum absolute atomic E-state index is 4.22. The number of pyridine rings is 1. The molecular formula is C40H31IrN4. The smallest absolute Gasteiger partial charge is 0.501 e. The molecule has 0 aliphatic carbocycles. The number of aromatic nitrogens is 2. The molecule has 3 aromatic heterocycles. The number of fused-ring (bicyclic) bond motifs is 7. The summed E-state index contributed by atoms with van der Waals surface area (Å²) in [6.45, 7) is 5.54. The van der Waals surface area contributed by atoms with Gasteiger partial charge < -0.3 is 19.2 Å². The maximum Gasteiger partial charge on any atom is 3.00 e. The predicted octanol–water partition coefficient (Wildman–Crippen LogP) is 10.1. The summed E-state index contributed by atoms with van der Waals surface area (Å²) in [5, 5.41) is 5.18. The van der Waals surface area contributed by atoms with Crippen molar-refractivity contribution in [2.45, 2.75) is 19.8 Å². The van der Waals surface area contributed by atoms with Crippen molar-refractivity contribution < 1.29 is 20.1 Å². The first-order valence-electron chi connectivity index (χ1n) is 15.3. The molecule has 45 heavy (non-hydrogen) atoms. The fourth-order valence-corrected chi connectivity index (χ4v) is 6.52. The van der Waals surface area contributed by atoms with Crippen LogP contribution >= 0.6 is 0 Å². The monoisotopic (exact) mass is 760 g/mol. The number of unbranched alkanes of at least 4 members (excludes halogenated alkanes) is 1. The van der Waals surface area contributed by atoms with Gasteiger partial charge in [0.2, 0.25) is 0 Å². The molecule has 4 nitrogen and oxygen atoms in total. The number of hydrogen-bond acceptors (Lipinski definition) is 3. The van der Waals surface area contributed by atoms with E-state index in [-0.39, 0.29) is 20.1 Å². The summed E-state index contributed by atoms with van der Waals surface area (Å²) >= 11 is 0. The molecule has 1 aliphatic rings. The van der Waals surface area contributed by atoms with Crippen LogP contribution in [0.15, 0.2) is 128 Å². The van der Waals surface area contributed by atoms with Crippen LogP contribution in [-0.4, -0.2) is 15.9 Å². The first-order chi connectivity index (χ1) is 21.8. The number of nitrogens with zero attached hydrogens (tertiary/aromatic N) is 4. The van der Waals surface area contributed by atoms with Crippen LogP contribution in [0.25, 0.3) is 49.4 Å². The number of benzene rings is 5. The molecular weight excluding hydrogens is 729 g/mol. The molecule has 0 unspecified atom stereocenters. The van der Waals surface area contributed by atoms with Crippen molar-refractivity contribution in [2.75, 3.05) is 16.3 Å². The van der Waals surface area contributed by atoms with Crippen LogP contribution in [0.4, 0.5) is 17.1 Å². The fraction of sp³-hybridized carbons (Fsp3) is 0.100. The second kappa shape index (κ2) is 12.4. The van der Waals surface area contributed by atoms with Gasteiger partial charge in [-0.2, -0.15) is 18.8 Å². The molecule has 9 rings (SSSR count). The Labute approximate surface area is 277 Å². The van der Waals surface area contributed by atoms with Gasteiger partial charge in [-0.3, -0.25) is 0 Å². The van der Waals surface area contributed by atoms with Crippen LogP contribution in [0.2, 0.25) is 0 Å². The van der Waals surface area contributed by atoms with Crippen LogP contribution in [0.5, 0.6) is 0 Å². The zero-order valence-electron chi connectivity index (χ0n) is 24.9. The standard InChI is InChI=1S/C29H23N3.C11H8N.Ir/c1-2-3-18-30-19-31(25-15-7-6-14-24(25)30)26-16-9-17-27-28(26)22-12-8-11-21-20-10-4-5-13-23(20)32(27)29(21)22;1-2-6-10(7-3-1)11-8-4-5-9-12-11;/h4-15,17,19H,2-3,18H2,1H3;1-6,8-9H;/q-2;-1;+3. The molecule has 5 heteroatoms. The normalized spacial score (nSPS) is 12.5. The van der Waals surface area contributed by atoms with Gasteiger partial charge in [0.15, 0.2) is 0 Å². The minimum atomic E-state index is 0. The molecule has 0 atom stereocenters. The average Bonchev–Trinajstić information content (AvgIpc) is 3.76. The Morgan fingerprint density at radius 1 is 0.689 bits per heavy atom. The van der Waals surface area contributed by atoms with E-state index in [0.29, 0.717) is 0 Å². The van der Waals surface area contributed by atoms with Gasteiger partial charge in [0, 0.05) is 33.9 Å². The third-order valence-corrected chi connectivity index (χ3v) is 8.51. The van der Waals surface area contributed by atoms with Crippen LogP contribution in [-0.2, 0) is 20.1 Å². The van der Waals surface area contributed by atoms with Gasteiger partial charge in [0.1, 0.15) is 0 Å². The third kappa shape index (κ3) is 4.93. The molecule has 4 heterocycles. The summed E-state index contributed by atoms with van der Waals surface area (Å²) in [5.41, 5.74) is 9.44. The number of anilines is 3. The van der Waals surface area contributed by atoms with Gasteiger partial charge in [0.25, 0.3) is 0 Å². The summed E-state index contributed by atoms with van der Waals surface area (Å²) in [5.74, 6) is 0. The van der Waals surface area contributed by atoms with Crippen LogP contribution in [0, 0.1) is 18.8 Å². The van der Waals surface area contributed by atoms with E-state index in [1.807, 2.05) is 42.5 Å². The van der Waals surface area contributed by atoms with E-state index in [0.717, 1.165) is 23.5 Å². The molecule has 8 aromatic rings. The largest absolute Gasteiger partial charge is 3.00 e. The Kier molecular flexibility index (Phi) is 7.97. The quantitative estimate of drug-likeness (QED) is 0.163. The number of para-hydroxylation sites is 4. The van der Waals surface area contributed by atoms with Crippen LogP contribution < -0.4 is 9.80 Å². The molecule has 0 amide bonds. The Morgan fingerprint density at radius 2 is 1.47 bits per heavy atom. The number of rotatable bonds is 5. The van der Waals surface area contributed by atoms with Crippen molar-refractivity contribution in [3.8, 4) is 11.3 Å². The van der Waals surface area contributed by atoms with Gasteiger partial charge in [-0.15, -0.1) is 42.0 Å². The van der Waals surface area contributed by atoms with Crippen molar-refractivity contribution in [3.63, 3.8) is 0 Å². The second-order valence-electron chi connectivity index (χ2n) is 11.2. The first-order valence-corrected chi connectivity index (χ1v) is 15.3. The zero-order chi connectivity index (χ0) is 29.5. The van der Waals surface area contributed by atoms with E-state index < -0.39 is 0 Å². The summed E-state index contributed by atoms with van der Waals surface area (Å²) in [7, 11) is 0. The summed E-state index contributed by atoms with van der Waals surface area (Å²) in [6.07, 6.45) is 4.14. The summed E-state index contributed by atoms with van der Waals surface area (Å²) in [6, 6.07) is 48.8. The third-order valence-electron chi connectivity index (χ3n) is 8.51. The Balaban J connectivity index is 0.000000211. The zero-order valence-corrected chi connectivity index (χ0v) is 27.3. The summed E-state index contributed by atoms with van der Waals surface area (Å²) < 4.78 is 2.43. The van der Waals surface area contributed by atoms with Crippen molar-refractivity contribution in [1.29, 1.82) is 0 Å². The SMILES string of the molecule is CCCCN1[CH-]N(c2[c-]ccc3c2c2cccc4c5ccccc5n3c42)c2ccccc21.[Ir+3].[c-]1ccccc1-c1ccccn1. The van der Waals surface area contributed by atoms with Gasteiger partial charge in [0.05, 0.1) is 5.52 Å². The first kappa shape index (κ1) is 29.0. The molecule has 0 radical (unpaired) electrons. The molecule has 0 bridgehead atoms. The van der Waals surface area contributed by atoms with E-state index in [1.54, 1.807) is 6.20 Å². The molecule has 220 valence electrons. The van der Waals surface area contributed by atoms with E-state index in [2.05, 4.69) is 124 Å². The van der Waals surface area contributed by atoms with Crippen molar-refractivity contribution in [1.82, 2.24) is 9.38 Å². The van der Waals surface area contributed by atoms with E-state index >= 15 is 0 Å². The minimum Gasteiger partial charge on any atom is -0.501 e. The van der Waals surface area contributed by atoms with E-state index in [1.165, 1.54) is 62.3 Å². The minimum absolute atomic E-state index is 0. The number of hydrogen-bond donors (Lipinski definition) is 0. The molecule has 0 saturated heterocycles. The van der Waals surface area contributed by atoms with Gasteiger partial charge >= 0.3 is 20.1 Å². The molecule has 0 spiro atoms. The van der Waals surface area contributed by atoms with Gasteiger partial charge in [-0.25, -0.2) is 0 Å². The second-order valence-corrected chi connectivity index (χ2v) is 11.2. The topological polar surface area (TPSA) is 23.8 Å². The molecule has 0 N–H and O–H groups in total. The predicted molar refractivity (Wildman–Crippen MR) is 184 cm³/mol. The average molecular weight is 760 g/mol. The van der Waals surface area contributed by atoms with Crippen molar-refractivity contribution in [3.05, 3.63) is 146 Å². The molecule has 0 fully saturated rings. The van der Waals surface area contributed by atoms with Gasteiger partial charge in [-0.05, 0) is 48.3 Å². The van der Waals surface area contributed by atoms with Crippen molar-refractivity contribution in [2.24, 2.45) is 0 Å². The van der Waals surface area contributed by atoms with Crippen molar-refractivity contribution >= 4 is 55.2 Å². The molecule has 0 saturated carbocycles. The Bertz CT molecular complexity index is 2170. The van der Waals surface area contributed by atoms with E-state index in [9.17, 15) is 0 Å².